The summed E-state index contributed by atoms with van der Waals surface area (Å²) in [6, 6.07) is 23.6. The normalized spacial score (nSPS) is 12.6. The average molecular weight is 859 g/mol. The van der Waals surface area contributed by atoms with Gasteiger partial charge in [0.1, 0.15) is 5.75 Å². The molecule has 0 unspecified atom stereocenters. The topological polar surface area (TPSA) is 216 Å². The van der Waals surface area contributed by atoms with E-state index >= 15 is 0 Å². The van der Waals surface area contributed by atoms with Crippen molar-refractivity contribution >= 4 is 39.3 Å². The smallest absolute Gasteiger partial charge is 0.508 e. The van der Waals surface area contributed by atoms with E-state index in [1.54, 1.807) is 30.3 Å². The number of nitrogens with one attached hydrogen (secondary N) is 1. The predicted molar refractivity (Wildman–Crippen MR) is 224 cm³/mol. The van der Waals surface area contributed by atoms with Gasteiger partial charge in [-0.25, -0.2) is 9.97 Å². The largest absolute Gasteiger partial charge is 2.00 e. The Morgan fingerprint density at radius 1 is 0.639 bits per heavy atom. The van der Waals surface area contributed by atoms with Crippen LogP contribution in [0.2, 0.25) is 0 Å². The SMILES string of the molecule is O=C(NCCCCc1ccccc1O)c1cccc2c1-c1nc-2nc2[n-]c(nc3nc(nc4[n-]c(n1)c1ccc(CO)cc41)-c1cc(CO)ccc1-3)c1c2CC=C(CO)C1.[Cu+2]. The molecule has 5 N–H and O–H groups in total. The number of hydrogen-bond donors (Lipinski definition) is 5. The predicted octanol–water partition coefficient (Wildman–Crippen LogP) is 5.43. The Labute approximate surface area is 359 Å². The first-order chi connectivity index (χ1) is 29.4. The Balaban J connectivity index is 0.00000476. The Hall–Kier alpha value is -6.61. The van der Waals surface area contributed by atoms with Gasteiger partial charge >= 0.3 is 17.1 Å². The number of fused-ring (bicyclic) bond motifs is 20. The summed E-state index contributed by atoms with van der Waals surface area (Å²) < 4.78 is 0. The van der Waals surface area contributed by atoms with Crippen LogP contribution >= 0.6 is 0 Å². The third-order valence-corrected chi connectivity index (χ3v) is 11.2. The van der Waals surface area contributed by atoms with E-state index in [0.29, 0.717) is 122 Å². The number of amides is 1. The van der Waals surface area contributed by atoms with E-state index in [-0.39, 0.29) is 54.4 Å². The Bertz CT molecular complexity index is 3100. The first-order valence-electron chi connectivity index (χ1n) is 19.8. The van der Waals surface area contributed by atoms with Gasteiger partial charge in [0.25, 0.3) is 5.91 Å². The molecule has 15 heteroatoms. The summed E-state index contributed by atoms with van der Waals surface area (Å²) in [6.45, 7) is -0.0806. The number of benzene rings is 4. The number of aliphatic hydroxyl groups excluding tert-OH is 3. The molecular weight excluding hydrogens is 822 g/mol. The Morgan fingerprint density at radius 3 is 2.15 bits per heavy atom. The second-order valence-electron chi connectivity index (χ2n) is 15.0. The molecule has 4 aromatic carbocycles. The summed E-state index contributed by atoms with van der Waals surface area (Å²) in [5.74, 6) is 1.21. The summed E-state index contributed by atoms with van der Waals surface area (Å²) >= 11 is 0. The minimum absolute atomic E-state index is 0. The second-order valence-corrected chi connectivity index (χ2v) is 15.0. The molecule has 0 spiro atoms. The molecular formula is C46H37CuN9O5. The number of aromatic nitrogens is 8. The van der Waals surface area contributed by atoms with Gasteiger partial charge in [-0.3, -0.25) is 4.79 Å². The number of unbranched alkanes of at least 4 members (excludes halogenated alkanes) is 1. The van der Waals surface area contributed by atoms with Crippen molar-refractivity contribution in [3.8, 4) is 51.3 Å². The summed E-state index contributed by atoms with van der Waals surface area (Å²) in [5, 5.41) is 44.8. The molecule has 5 heterocycles. The third-order valence-electron chi connectivity index (χ3n) is 11.2. The number of phenolic OH excluding ortho intramolecular Hbond substituents is 1. The molecule has 1 radical (unpaired) electrons. The van der Waals surface area contributed by atoms with E-state index in [4.69, 9.17) is 39.9 Å². The van der Waals surface area contributed by atoms with Gasteiger partial charge < -0.3 is 55.6 Å². The van der Waals surface area contributed by atoms with Gasteiger partial charge in [0.2, 0.25) is 0 Å². The molecule has 10 rings (SSSR count). The van der Waals surface area contributed by atoms with Crippen molar-refractivity contribution in [3.05, 3.63) is 124 Å². The van der Waals surface area contributed by atoms with Gasteiger partial charge in [0.15, 0.2) is 0 Å². The molecule has 0 saturated carbocycles. The second kappa shape index (κ2) is 16.4. The van der Waals surface area contributed by atoms with E-state index < -0.39 is 0 Å². The first kappa shape index (κ1) is 39.8. The van der Waals surface area contributed by atoms with Crippen molar-refractivity contribution < 1.29 is 42.3 Å². The van der Waals surface area contributed by atoms with Gasteiger partial charge in [0.05, 0.1) is 43.1 Å². The standard InChI is InChI=1S/C46H38N9O5.Cu/c56-21-24-11-14-28-33(18-24)42-49-38(28)48-41-31-8-5-9-32(46(60)47-17-4-3-7-27-6-1-2-10-36(27)59)37(31)45(55-41)54-40-30-16-13-26(23-58)20-35(30)44(52-40)53-43-34-19-25(22-57)12-15-29(34)39(50-42)51-43;/h1-2,5-6,8-13,15-16,19-20,56-58H,3-4,7,14,17-18,21-23H2,(H3-,47,48,49,50,51,52,53,54,55,59,60);/q-1;+2/p-1. The van der Waals surface area contributed by atoms with Gasteiger partial charge in [-0.2, -0.15) is 0 Å². The molecule has 8 bridgehead atoms. The van der Waals surface area contributed by atoms with E-state index in [2.05, 4.69) is 5.32 Å². The molecule has 0 fully saturated rings. The van der Waals surface area contributed by atoms with Gasteiger partial charge in [0, 0.05) is 57.0 Å². The van der Waals surface area contributed by atoms with Gasteiger partial charge in [-0.15, -0.1) is 0 Å². The average Bonchev–Trinajstić information content (AvgIpc) is 4.01. The molecule has 307 valence electrons. The molecule has 1 aliphatic carbocycles. The zero-order valence-electron chi connectivity index (χ0n) is 32.5. The van der Waals surface area contributed by atoms with Gasteiger partial charge in [-0.05, 0) is 101 Å². The molecule has 3 aromatic heterocycles. The molecule has 0 atom stereocenters. The van der Waals surface area contributed by atoms with Crippen LogP contribution in [0.4, 0.5) is 0 Å². The first-order valence-corrected chi connectivity index (χ1v) is 19.8. The fourth-order valence-corrected chi connectivity index (χ4v) is 8.09. The van der Waals surface area contributed by atoms with Crippen molar-refractivity contribution in [2.24, 2.45) is 0 Å². The molecule has 0 saturated heterocycles. The molecule has 1 amide bonds. The number of allylic oxidation sites excluding steroid dienone is 1. The summed E-state index contributed by atoms with van der Waals surface area (Å²) in [5.41, 5.74) is 8.92. The van der Waals surface area contributed by atoms with Crippen LogP contribution in [0.15, 0.2) is 90.5 Å². The van der Waals surface area contributed by atoms with E-state index in [9.17, 15) is 25.2 Å². The van der Waals surface area contributed by atoms with Crippen LogP contribution in [0.25, 0.3) is 78.9 Å². The summed E-state index contributed by atoms with van der Waals surface area (Å²) in [6.07, 6.45) is 5.02. The van der Waals surface area contributed by atoms with Crippen LogP contribution in [-0.2, 0) is 49.5 Å². The molecule has 7 aromatic rings. The molecule has 2 aliphatic heterocycles. The molecule has 14 nitrogen and oxygen atoms in total. The number of aryl methyl sites for hydroxylation is 1. The van der Waals surface area contributed by atoms with Crippen LogP contribution < -0.4 is 15.3 Å². The number of carbonyl (C=O) groups is 1. The minimum Gasteiger partial charge on any atom is -0.508 e. The number of aliphatic hydroxyl groups is 3. The van der Waals surface area contributed by atoms with Crippen molar-refractivity contribution in [2.75, 3.05) is 13.2 Å². The van der Waals surface area contributed by atoms with Crippen molar-refractivity contribution in [2.45, 2.75) is 45.3 Å². The van der Waals surface area contributed by atoms with Crippen molar-refractivity contribution in [1.29, 1.82) is 0 Å². The third kappa shape index (κ3) is 7.26. The maximum absolute atomic E-state index is 14.0. The number of carbonyl (C=O) groups excluding carboxylic acids is 1. The monoisotopic (exact) mass is 858 g/mol. The number of phenols is 1. The summed E-state index contributed by atoms with van der Waals surface area (Å²) in [4.78, 5) is 53.9. The zero-order chi connectivity index (χ0) is 40.9. The van der Waals surface area contributed by atoms with Crippen LogP contribution in [0.5, 0.6) is 5.75 Å². The molecule has 61 heavy (non-hydrogen) atoms. The number of nitrogens with zero attached hydrogens (tertiary/aromatic N) is 8. The zero-order valence-corrected chi connectivity index (χ0v) is 33.5. The van der Waals surface area contributed by atoms with Crippen molar-refractivity contribution in [1.82, 2.24) is 45.2 Å². The maximum atomic E-state index is 14.0. The van der Waals surface area contributed by atoms with E-state index in [1.807, 2.05) is 54.6 Å². The van der Waals surface area contributed by atoms with E-state index in [1.165, 1.54) is 0 Å². The van der Waals surface area contributed by atoms with Crippen LogP contribution in [0.3, 0.4) is 0 Å². The maximum Gasteiger partial charge on any atom is 2.00 e. The Morgan fingerprint density at radius 2 is 1.33 bits per heavy atom. The number of hydrogen-bond acceptors (Lipinski definition) is 11. The minimum atomic E-state index is -0.299. The number of rotatable bonds is 9. The Kier molecular flexibility index (Phi) is 10.7. The van der Waals surface area contributed by atoms with Gasteiger partial charge in [-0.1, -0.05) is 60.7 Å². The van der Waals surface area contributed by atoms with Crippen LogP contribution in [0, 0.1) is 0 Å². The quantitative estimate of drug-likeness (QED) is 0.0696. The fraction of sp³-hybridized carbons (Fsp3) is 0.196. The van der Waals surface area contributed by atoms with Crippen LogP contribution in [-0.4, -0.2) is 69.4 Å². The van der Waals surface area contributed by atoms with Crippen molar-refractivity contribution in [3.63, 3.8) is 0 Å². The summed E-state index contributed by atoms with van der Waals surface area (Å²) in [7, 11) is 0. The number of para-hydroxylation sites is 1. The number of aromatic hydroxyl groups is 1. The fourth-order valence-electron chi connectivity index (χ4n) is 8.09. The van der Waals surface area contributed by atoms with E-state index in [0.717, 1.165) is 28.7 Å². The van der Waals surface area contributed by atoms with Crippen LogP contribution in [0.1, 0.15) is 51.0 Å². The molecule has 3 aliphatic rings.